The Labute approximate surface area is 838 Å². The van der Waals surface area contributed by atoms with Crippen LogP contribution in [0.4, 0.5) is 11.4 Å². The molecule has 4 aliphatic heterocycles. The second-order valence-corrected chi connectivity index (χ2v) is 43.2. The van der Waals surface area contributed by atoms with Crippen molar-refractivity contribution in [2.24, 2.45) is 5.73 Å². The van der Waals surface area contributed by atoms with Gasteiger partial charge in [0.2, 0.25) is 5.91 Å². The lowest BCUT2D eigenvalue weighted by Gasteiger charge is -2.31. The fourth-order valence-electron chi connectivity index (χ4n) is 20.4. The Kier molecular flexibility index (Phi) is 27.6. The van der Waals surface area contributed by atoms with Gasteiger partial charge in [-0.1, -0.05) is 67.6 Å². The zero-order chi connectivity index (χ0) is 103. The number of carboxylic acids is 1. The molecule has 1 amide bonds. The number of rotatable bonds is 20. The summed E-state index contributed by atoms with van der Waals surface area (Å²) in [5.41, 5.74) is 26.1. The number of aryl methyl sites for hydroxylation is 4. The van der Waals surface area contributed by atoms with E-state index in [1.54, 1.807) is 57.3 Å². The summed E-state index contributed by atoms with van der Waals surface area (Å²) >= 11 is 0. The molecule has 734 valence electrons. The first-order chi connectivity index (χ1) is 68.3. The SMILES string of the molecule is CC(=O)[C@@H](OC(C)(C)C)c1c(C)cc2cc(C(N)=O)ccc2c1-c1ccc2c3c(ccnc13)CCO2.CC(=O)[C@@H](OC(C)(C)C)c1c(C)cc2cc(S(C)(=O)=O)ccc2c1-c1ccc2c3c(ccnc13)CCO2.[C-]#[N+]c1ccc2c(-c3ccc4c5c(ccnc35)CCO4)c([C@H](OC(C)(C)C)C(C)=O)c(C)cc2c1.[C-]#[N+]c1ccc2c(-c3ccc4c5c(ccnc35)CCO4)c([C@H](OC(C)(C)CC)C(=O)O)c(C)cc2c1. The summed E-state index contributed by atoms with van der Waals surface area (Å²) in [5, 5.41) is 21.3. The number of hydrogen-bond acceptors (Lipinski definition) is 19. The zero-order valence-electron chi connectivity index (χ0n) is 84.9. The van der Waals surface area contributed by atoms with Crippen molar-refractivity contribution in [3.8, 4) is 67.5 Å². The Balaban J connectivity index is 0.000000132. The Morgan fingerprint density at radius 2 is 0.681 bits per heavy atom. The first-order valence-corrected chi connectivity index (χ1v) is 50.3. The number of carbonyl (C=O) groups excluding carboxylic acids is 4. The van der Waals surface area contributed by atoms with Gasteiger partial charge in [-0.3, -0.25) is 39.1 Å². The number of Topliss-reactive ketones (excluding diaryl/α,β-unsaturated/α-hetero) is 3. The number of ketones is 3. The van der Waals surface area contributed by atoms with Crippen molar-refractivity contribution < 1.29 is 75.4 Å². The number of fused-ring (bicyclic) bond motifs is 4. The zero-order valence-corrected chi connectivity index (χ0v) is 85.7. The molecule has 144 heavy (non-hydrogen) atoms. The molecule has 24 heteroatoms. The summed E-state index contributed by atoms with van der Waals surface area (Å²) in [6.45, 7) is 53.2. The Bertz CT molecular complexity index is 8210. The third kappa shape index (κ3) is 20.0. The molecule has 0 unspecified atom stereocenters. The summed E-state index contributed by atoms with van der Waals surface area (Å²) in [7, 11) is -3.40. The van der Waals surface area contributed by atoms with Gasteiger partial charge in [0.05, 0.1) is 88.9 Å². The fourth-order valence-corrected chi connectivity index (χ4v) is 21.0. The van der Waals surface area contributed by atoms with Crippen molar-refractivity contribution in [3.05, 3.63) is 290 Å². The lowest BCUT2D eigenvalue weighted by molar-refractivity contribution is -0.162. The minimum atomic E-state index is -3.40. The van der Waals surface area contributed by atoms with Gasteiger partial charge in [0.25, 0.3) is 0 Å². The number of benzene rings is 12. The van der Waals surface area contributed by atoms with E-state index >= 15 is 0 Å². The average molecular weight is 1950 g/mol. The largest absolute Gasteiger partial charge is 0.493 e. The van der Waals surface area contributed by atoms with Crippen molar-refractivity contribution in [1.29, 1.82) is 0 Å². The molecule has 16 aromatic rings. The summed E-state index contributed by atoms with van der Waals surface area (Å²) in [6, 6.07) is 53.7. The topological polar surface area (TPSA) is 300 Å². The van der Waals surface area contributed by atoms with Crippen LogP contribution in [0.1, 0.15) is 212 Å². The predicted octanol–water partition coefficient (Wildman–Crippen LogP) is 26.5. The number of ether oxygens (including phenoxy) is 8. The quantitative estimate of drug-likeness (QED) is 0.0670. The molecule has 20 rings (SSSR count). The van der Waals surface area contributed by atoms with Crippen LogP contribution in [0.5, 0.6) is 23.0 Å². The highest BCUT2D eigenvalue weighted by Gasteiger charge is 2.39. The monoisotopic (exact) mass is 1940 g/mol. The molecule has 0 fully saturated rings. The molecule has 12 aromatic carbocycles. The van der Waals surface area contributed by atoms with Crippen LogP contribution >= 0.6 is 0 Å². The molecule has 8 heterocycles. The van der Waals surface area contributed by atoms with E-state index in [1.165, 1.54) is 22.9 Å². The summed E-state index contributed by atoms with van der Waals surface area (Å²) in [4.78, 5) is 90.3. The second kappa shape index (κ2) is 39.5. The number of carboxylic acid groups (broad SMARTS) is 1. The molecule has 4 aromatic heterocycles. The first-order valence-electron chi connectivity index (χ1n) is 48.5. The number of nitrogens with zero attached hydrogens (tertiary/aromatic N) is 6. The number of carbonyl (C=O) groups is 5. The Hall–Kier alpha value is -14.8. The van der Waals surface area contributed by atoms with Crippen molar-refractivity contribution in [3.63, 3.8) is 0 Å². The minimum Gasteiger partial charge on any atom is -0.493 e. The molecule has 0 saturated heterocycles. The van der Waals surface area contributed by atoms with E-state index in [9.17, 15) is 37.5 Å². The van der Waals surface area contributed by atoms with Gasteiger partial charge in [-0.25, -0.2) is 22.9 Å². The lowest BCUT2D eigenvalue weighted by Crippen LogP contribution is -2.30. The van der Waals surface area contributed by atoms with Crippen LogP contribution < -0.4 is 24.7 Å². The van der Waals surface area contributed by atoms with Gasteiger partial charge in [-0.05, 0) is 367 Å². The van der Waals surface area contributed by atoms with E-state index in [0.717, 1.165) is 224 Å². The van der Waals surface area contributed by atoms with Crippen molar-refractivity contribution in [2.45, 2.75) is 215 Å². The highest BCUT2D eigenvalue weighted by molar-refractivity contribution is 7.90. The van der Waals surface area contributed by atoms with Gasteiger partial charge >= 0.3 is 5.97 Å². The van der Waals surface area contributed by atoms with Crippen LogP contribution in [-0.4, -0.2) is 118 Å². The average Bonchev–Trinajstić information content (AvgIpc) is 0.744. The minimum absolute atomic E-state index is 0.0552. The summed E-state index contributed by atoms with van der Waals surface area (Å²) < 4.78 is 73.8. The van der Waals surface area contributed by atoms with E-state index in [0.29, 0.717) is 55.4 Å². The van der Waals surface area contributed by atoms with Crippen LogP contribution in [0.15, 0.2) is 200 Å². The van der Waals surface area contributed by atoms with Crippen LogP contribution in [-0.2, 0) is 73.6 Å². The van der Waals surface area contributed by atoms with Gasteiger partial charge in [-0.2, -0.15) is 0 Å². The third-order valence-corrected chi connectivity index (χ3v) is 28.0. The first kappa shape index (κ1) is 101. The Morgan fingerprint density at radius 3 is 0.951 bits per heavy atom. The number of aliphatic carboxylic acids is 1. The highest BCUT2D eigenvalue weighted by Crippen LogP contribution is 2.53. The standard InChI is InChI=1S/C30H30N2O4.C30H28N2O4.C30H28N2O3.C30H31NO5S/c1-16-14-20-15-19(29(31)34)6-7-21(20)26(24(16)28(17(2)33)36-30(3,4)5)22-8-9-23-25-18(11-13-35-23)10-12-32-27(22)25;1-6-30(3,4)36-28(29(33)34)24-17(2)15-19-16-20(31-5)7-8-21(19)26(24)22-9-10-23-25-18(12-14-35-23)11-13-32-27(22)25;1-17-15-20-16-21(31-6)7-8-22(20)27(25(17)29(18(2)33)35-30(3,4)5)23-9-10-24-26-19(12-14-34-24)11-13-32-28(23)26;1-17-15-20-16-21(37(6,33)34)7-8-22(20)27(25(17)29(18(2)32)36-30(3,4)5)23-9-10-24-26-19(12-14-35-24)11-13-31-28(23)26/h6-10,12,14-15,28H,11,13H2,1-5H3,(H2,31,34);7-11,13,15-16,28H,6,12,14H2,1-4H3,(H,33,34);7-11,13,15-16,29H,12,14H2,1-5H3;7-11,13,15-16,29H,12,14H2,1-6H3/t2*28-;2*29-/m1011/s1. The molecule has 4 aliphatic rings. The normalized spacial score (nSPS) is 14.1. The summed E-state index contributed by atoms with van der Waals surface area (Å²) in [5.74, 6) is 1.45. The molecule has 0 saturated carbocycles. The van der Waals surface area contributed by atoms with Crippen LogP contribution in [0, 0.1) is 40.8 Å². The van der Waals surface area contributed by atoms with E-state index in [-0.39, 0.29) is 22.2 Å². The molecule has 0 aliphatic carbocycles. The number of sulfone groups is 1. The smallest absolute Gasteiger partial charge is 0.337 e. The maximum atomic E-state index is 13.1. The van der Waals surface area contributed by atoms with Crippen LogP contribution in [0.3, 0.4) is 0 Å². The number of amides is 1. The van der Waals surface area contributed by atoms with E-state index in [2.05, 4.69) is 15.8 Å². The molecular formula is C120H117N7O16S. The van der Waals surface area contributed by atoms with Crippen LogP contribution in [0.25, 0.3) is 141 Å². The predicted molar refractivity (Wildman–Crippen MR) is 567 cm³/mol. The summed E-state index contributed by atoms with van der Waals surface area (Å²) in [6.07, 6.45) is 8.86. The highest BCUT2D eigenvalue weighted by atomic mass is 32.2. The van der Waals surface area contributed by atoms with E-state index < -0.39 is 68.5 Å². The fraction of sp³-hybridized carbons (Fsp3) is 0.308. The number of nitrogens with two attached hydrogens (primary N) is 1. The lowest BCUT2D eigenvalue weighted by atomic mass is 9.84. The van der Waals surface area contributed by atoms with E-state index in [4.69, 9.17) is 76.7 Å². The van der Waals surface area contributed by atoms with Gasteiger partial charge in [0, 0.05) is 112 Å². The number of pyridine rings is 4. The molecule has 3 N–H and O–H groups in total. The van der Waals surface area contributed by atoms with Crippen LogP contribution in [0.2, 0.25) is 0 Å². The van der Waals surface area contributed by atoms with Gasteiger partial charge < -0.3 is 48.7 Å². The molecular weight excluding hydrogens is 1830 g/mol. The molecule has 4 atom stereocenters. The maximum absolute atomic E-state index is 13.1. The second-order valence-electron chi connectivity index (χ2n) is 41.1. The number of primary amides is 1. The molecule has 0 bridgehead atoms. The van der Waals surface area contributed by atoms with Gasteiger partial charge in [0.15, 0.2) is 44.7 Å². The Morgan fingerprint density at radius 1 is 0.396 bits per heavy atom. The number of aromatic nitrogens is 4. The van der Waals surface area contributed by atoms with E-state index in [1.807, 2.05) is 263 Å². The van der Waals surface area contributed by atoms with Gasteiger partial charge in [-0.15, -0.1) is 0 Å². The van der Waals surface area contributed by atoms with Crippen molar-refractivity contribution in [2.75, 3.05) is 32.7 Å². The van der Waals surface area contributed by atoms with Crippen molar-refractivity contribution >= 4 is 137 Å². The van der Waals surface area contributed by atoms with Gasteiger partial charge in [0.1, 0.15) is 41.3 Å². The van der Waals surface area contributed by atoms with Crippen molar-refractivity contribution in [1.82, 2.24) is 19.9 Å². The molecule has 0 spiro atoms. The number of hydrogen-bond donors (Lipinski definition) is 2. The molecule has 23 nitrogen and oxygen atoms in total. The molecule has 0 radical (unpaired) electrons. The maximum Gasteiger partial charge on any atom is 0.337 e. The third-order valence-electron chi connectivity index (χ3n) is 26.9.